The van der Waals surface area contributed by atoms with Crippen LogP contribution in [0.5, 0.6) is 0 Å². The second-order valence-electron chi connectivity index (χ2n) is 4.95. The van der Waals surface area contributed by atoms with Gasteiger partial charge in [-0.3, -0.25) is 0 Å². The van der Waals surface area contributed by atoms with E-state index in [1.165, 1.54) is 38.1 Å². The average molecular weight is 266 g/mol. The largest absolute Gasteiger partial charge is 0.338 e. The minimum Gasteiger partial charge on any atom is -0.338 e. The van der Waals surface area contributed by atoms with Gasteiger partial charge in [0.25, 0.3) is 0 Å². The number of hydrogen-bond donors (Lipinski definition) is 3. The quantitative estimate of drug-likeness (QED) is 0.685. The summed E-state index contributed by atoms with van der Waals surface area (Å²) in [7, 11) is 0. The lowest BCUT2D eigenvalue weighted by atomic mass is 10.3. The van der Waals surface area contributed by atoms with Crippen LogP contribution in [0.25, 0.3) is 0 Å². The number of halogens is 1. The summed E-state index contributed by atoms with van der Waals surface area (Å²) in [5, 5.41) is 5.49. The molecule has 0 aromatic heterocycles. The minimum atomic E-state index is -0.306. The Morgan fingerprint density at radius 2 is 1.89 bits per heavy atom. The molecule has 0 bridgehead atoms. The van der Waals surface area contributed by atoms with Crippen molar-refractivity contribution in [1.82, 2.24) is 5.32 Å². The van der Waals surface area contributed by atoms with Gasteiger partial charge in [0, 0.05) is 31.5 Å². The van der Waals surface area contributed by atoms with Crippen molar-refractivity contribution in [1.29, 1.82) is 0 Å². The van der Waals surface area contributed by atoms with Crippen LogP contribution in [-0.4, -0.2) is 32.2 Å². The smallest absolute Gasteiger partial charge is 0.319 e. The van der Waals surface area contributed by atoms with Gasteiger partial charge in [-0.15, -0.1) is 0 Å². The van der Waals surface area contributed by atoms with Crippen molar-refractivity contribution in [2.75, 3.05) is 31.5 Å². The molecule has 0 atom stereocenters. The lowest BCUT2D eigenvalue weighted by molar-refractivity contribution is -0.887. The van der Waals surface area contributed by atoms with Crippen molar-refractivity contribution in [3.05, 3.63) is 30.1 Å². The van der Waals surface area contributed by atoms with Crippen LogP contribution in [-0.2, 0) is 0 Å². The second-order valence-corrected chi connectivity index (χ2v) is 4.95. The van der Waals surface area contributed by atoms with Crippen LogP contribution >= 0.6 is 0 Å². The second kappa shape index (κ2) is 7.09. The van der Waals surface area contributed by atoms with E-state index in [-0.39, 0.29) is 11.8 Å². The molecule has 0 aliphatic carbocycles. The van der Waals surface area contributed by atoms with Gasteiger partial charge in [0.15, 0.2) is 0 Å². The van der Waals surface area contributed by atoms with Gasteiger partial charge in [-0.1, -0.05) is 0 Å². The highest BCUT2D eigenvalue weighted by Crippen LogP contribution is 2.07. The van der Waals surface area contributed by atoms with Crippen LogP contribution in [0.2, 0.25) is 0 Å². The Morgan fingerprint density at radius 1 is 1.21 bits per heavy atom. The fraction of sp³-hybridized carbons (Fsp3) is 0.500. The molecule has 0 radical (unpaired) electrons. The Balaban J connectivity index is 1.60. The summed E-state index contributed by atoms with van der Waals surface area (Å²) in [6.45, 7) is 4.33. The van der Waals surface area contributed by atoms with E-state index in [9.17, 15) is 9.18 Å². The van der Waals surface area contributed by atoms with Crippen LogP contribution in [0.1, 0.15) is 19.3 Å². The molecule has 4 nitrogen and oxygen atoms in total. The first-order chi connectivity index (χ1) is 9.24. The van der Waals surface area contributed by atoms with Gasteiger partial charge in [-0.2, -0.15) is 0 Å². The van der Waals surface area contributed by atoms with Crippen LogP contribution in [0.3, 0.4) is 0 Å². The van der Waals surface area contributed by atoms with E-state index in [4.69, 9.17) is 0 Å². The molecule has 1 aromatic rings. The molecule has 1 fully saturated rings. The highest BCUT2D eigenvalue weighted by Gasteiger charge is 2.14. The third-order valence-electron chi connectivity index (χ3n) is 3.41. The maximum absolute atomic E-state index is 12.7. The number of hydrogen-bond acceptors (Lipinski definition) is 1. The van der Waals surface area contributed by atoms with E-state index in [0.717, 1.165) is 13.0 Å². The zero-order chi connectivity index (χ0) is 13.5. The molecule has 1 aliphatic rings. The van der Waals surface area contributed by atoms with Crippen molar-refractivity contribution in [3.63, 3.8) is 0 Å². The van der Waals surface area contributed by atoms with E-state index in [1.807, 2.05) is 0 Å². The minimum absolute atomic E-state index is 0.233. The summed E-state index contributed by atoms with van der Waals surface area (Å²) in [6.07, 6.45) is 3.65. The monoisotopic (exact) mass is 266 g/mol. The average Bonchev–Trinajstić information content (AvgIpc) is 2.91. The zero-order valence-electron chi connectivity index (χ0n) is 11.0. The molecule has 5 heteroatoms. The molecule has 3 N–H and O–H groups in total. The molecule has 1 aromatic carbocycles. The predicted molar refractivity (Wildman–Crippen MR) is 72.8 cm³/mol. The summed E-state index contributed by atoms with van der Waals surface area (Å²) in [5.41, 5.74) is 0.601. The van der Waals surface area contributed by atoms with Gasteiger partial charge in [0.05, 0.1) is 19.6 Å². The number of likely N-dealkylation sites (tertiary alicyclic amines) is 1. The molecule has 1 saturated heterocycles. The third-order valence-corrected chi connectivity index (χ3v) is 3.41. The first-order valence-corrected chi connectivity index (χ1v) is 6.88. The SMILES string of the molecule is O=C(NCCC[NH+]1CCCC1)Nc1ccc(F)cc1. The molecule has 0 spiro atoms. The normalized spacial score (nSPS) is 15.4. The first-order valence-electron chi connectivity index (χ1n) is 6.88. The summed E-state index contributed by atoms with van der Waals surface area (Å²) in [5.74, 6) is -0.306. The third kappa shape index (κ3) is 4.87. The number of quaternary nitrogens is 1. The number of carbonyl (C=O) groups excluding carboxylic acids is 1. The maximum Gasteiger partial charge on any atom is 0.319 e. The molecule has 104 valence electrons. The van der Waals surface area contributed by atoms with Crippen molar-refractivity contribution >= 4 is 11.7 Å². The number of carbonyl (C=O) groups is 1. The Morgan fingerprint density at radius 3 is 2.58 bits per heavy atom. The van der Waals surface area contributed by atoms with E-state index in [1.54, 1.807) is 17.0 Å². The maximum atomic E-state index is 12.7. The van der Waals surface area contributed by atoms with Crippen LogP contribution in [0.15, 0.2) is 24.3 Å². The summed E-state index contributed by atoms with van der Waals surface area (Å²) in [4.78, 5) is 13.2. The number of benzene rings is 1. The van der Waals surface area contributed by atoms with E-state index in [0.29, 0.717) is 12.2 Å². The standard InChI is InChI=1S/C14H20FN3O/c15-12-4-6-13(7-5-12)17-14(19)16-8-3-11-18-9-1-2-10-18/h4-7H,1-3,8-11H2,(H2,16,17,19)/p+1. The summed E-state index contributed by atoms with van der Waals surface area (Å²) >= 11 is 0. The number of amides is 2. The highest BCUT2D eigenvalue weighted by molar-refractivity contribution is 5.89. The molecule has 1 heterocycles. The van der Waals surface area contributed by atoms with Gasteiger partial charge >= 0.3 is 6.03 Å². The van der Waals surface area contributed by atoms with E-state index < -0.39 is 0 Å². The number of nitrogens with one attached hydrogen (secondary N) is 3. The molecule has 2 amide bonds. The fourth-order valence-electron chi connectivity index (χ4n) is 2.37. The van der Waals surface area contributed by atoms with Crippen LogP contribution in [0.4, 0.5) is 14.9 Å². The van der Waals surface area contributed by atoms with Gasteiger partial charge in [0.1, 0.15) is 5.82 Å². The fourth-order valence-corrected chi connectivity index (χ4v) is 2.37. The van der Waals surface area contributed by atoms with Crippen LogP contribution < -0.4 is 15.5 Å². The Hall–Kier alpha value is -1.62. The zero-order valence-corrected chi connectivity index (χ0v) is 11.0. The molecule has 0 unspecified atom stereocenters. The van der Waals surface area contributed by atoms with E-state index in [2.05, 4.69) is 10.6 Å². The lowest BCUT2D eigenvalue weighted by Crippen LogP contribution is -3.10. The number of rotatable bonds is 5. The first kappa shape index (κ1) is 13.8. The molecule has 1 aliphatic heterocycles. The van der Waals surface area contributed by atoms with Crippen molar-refractivity contribution in [2.45, 2.75) is 19.3 Å². The topological polar surface area (TPSA) is 45.6 Å². The summed E-state index contributed by atoms with van der Waals surface area (Å²) < 4.78 is 12.7. The van der Waals surface area contributed by atoms with Crippen molar-refractivity contribution < 1.29 is 14.1 Å². The van der Waals surface area contributed by atoms with Gasteiger partial charge in [-0.25, -0.2) is 9.18 Å². The van der Waals surface area contributed by atoms with E-state index >= 15 is 0 Å². The van der Waals surface area contributed by atoms with Gasteiger partial charge in [-0.05, 0) is 24.3 Å². The Kier molecular flexibility index (Phi) is 5.15. The predicted octanol–water partition coefficient (Wildman–Crippen LogP) is 1.02. The van der Waals surface area contributed by atoms with Crippen LogP contribution in [0, 0.1) is 5.82 Å². The van der Waals surface area contributed by atoms with Gasteiger partial charge in [0.2, 0.25) is 0 Å². The number of anilines is 1. The molecular formula is C14H21FN3O+. The molecule has 0 saturated carbocycles. The summed E-state index contributed by atoms with van der Waals surface area (Å²) in [6, 6.07) is 5.51. The highest BCUT2D eigenvalue weighted by atomic mass is 19.1. The number of urea groups is 1. The lowest BCUT2D eigenvalue weighted by Gasteiger charge is -2.12. The Bertz CT molecular complexity index is 402. The Labute approximate surface area is 113 Å². The molecule has 19 heavy (non-hydrogen) atoms. The van der Waals surface area contributed by atoms with Gasteiger partial charge < -0.3 is 15.5 Å². The molecular weight excluding hydrogens is 245 g/mol. The van der Waals surface area contributed by atoms with Crippen molar-refractivity contribution in [2.24, 2.45) is 0 Å². The van der Waals surface area contributed by atoms with Crippen molar-refractivity contribution in [3.8, 4) is 0 Å². The molecule has 2 rings (SSSR count).